The molecule has 1 aliphatic carbocycles. The van der Waals surface area contributed by atoms with Crippen molar-refractivity contribution in [3.63, 3.8) is 0 Å². The molecule has 2 heteroatoms. The monoisotopic (exact) mass is 180 g/mol. The predicted molar refractivity (Wildman–Crippen MR) is 52.6 cm³/mol. The SMILES string of the molecule is C=CCCO[C@@]1(C=C)CCCC1=O. The summed E-state index contributed by atoms with van der Waals surface area (Å²) < 4.78 is 5.55. The number of ether oxygens (including phenoxy) is 1. The highest BCUT2D eigenvalue weighted by Gasteiger charge is 2.39. The summed E-state index contributed by atoms with van der Waals surface area (Å²) in [5.41, 5.74) is -0.678. The Hall–Kier alpha value is -0.890. The number of ketones is 1. The summed E-state index contributed by atoms with van der Waals surface area (Å²) in [7, 11) is 0. The fraction of sp³-hybridized carbons (Fsp3) is 0.545. The van der Waals surface area contributed by atoms with E-state index in [2.05, 4.69) is 13.2 Å². The molecule has 13 heavy (non-hydrogen) atoms. The topological polar surface area (TPSA) is 26.3 Å². The normalized spacial score (nSPS) is 27.5. The molecule has 0 amide bonds. The molecule has 0 bridgehead atoms. The van der Waals surface area contributed by atoms with Gasteiger partial charge in [-0.15, -0.1) is 6.58 Å². The Kier molecular flexibility index (Phi) is 3.43. The van der Waals surface area contributed by atoms with Gasteiger partial charge in [0.2, 0.25) is 0 Å². The van der Waals surface area contributed by atoms with Gasteiger partial charge in [0.05, 0.1) is 6.61 Å². The van der Waals surface area contributed by atoms with Gasteiger partial charge < -0.3 is 4.74 Å². The molecule has 1 atom stereocenters. The zero-order valence-electron chi connectivity index (χ0n) is 7.92. The lowest BCUT2D eigenvalue weighted by Gasteiger charge is -2.23. The number of rotatable bonds is 5. The molecule has 0 aromatic heterocycles. The summed E-state index contributed by atoms with van der Waals surface area (Å²) in [5.74, 6) is 0.173. The number of carbonyl (C=O) groups excluding carboxylic acids is 1. The Morgan fingerprint density at radius 1 is 1.54 bits per heavy atom. The van der Waals surface area contributed by atoms with Crippen LogP contribution in [-0.4, -0.2) is 18.0 Å². The van der Waals surface area contributed by atoms with E-state index in [1.54, 1.807) is 12.2 Å². The average molecular weight is 180 g/mol. The van der Waals surface area contributed by atoms with Crippen molar-refractivity contribution in [1.82, 2.24) is 0 Å². The molecule has 2 nitrogen and oxygen atoms in total. The zero-order valence-corrected chi connectivity index (χ0v) is 7.92. The smallest absolute Gasteiger partial charge is 0.168 e. The minimum Gasteiger partial charge on any atom is -0.363 e. The lowest BCUT2D eigenvalue weighted by molar-refractivity contribution is -0.134. The van der Waals surface area contributed by atoms with Crippen molar-refractivity contribution in [2.24, 2.45) is 0 Å². The van der Waals surface area contributed by atoms with E-state index in [1.807, 2.05) is 0 Å². The van der Waals surface area contributed by atoms with E-state index in [1.165, 1.54) is 0 Å². The first-order chi connectivity index (χ1) is 6.25. The highest BCUT2D eigenvalue weighted by atomic mass is 16.5. The van der Waals surface area contributed by atoms with Crippen LogP contribution in [0.3, 0.4) is 0 Å². The average Bonchev–Trinajstić information content (AvgIpc) is 2.49. The van der Waals surface area contributed by atoms with Crippen LogP contribution in [0.1, 0.15) is 25.7 Å². The Morgan fingerprint density at radius 2 is 2.31 bits per heavy atom. The third-order valence-corrected chi connectivity index (χ3v) is 2.44. The molecule has 0 N–H and O–H groups in total. The first kappa shape index (κ1) is 10.2. The van der Waals surface area contributed by atoms with Crippen molar-refractivity contribution in [2.45, 2.75) is 31.3 Å². The molecule has 0 spiro atoms. The standard InChI is InChI=1S/C11H16O2/c1-3-5-9-13-11(4-2)8-6-7-10(11)12/h3-4H,1-2,5-9H2/t11-/m0/s1. The van der Waals surface area contributed by atoms with E-state index in [0.717, 1.165) is 19.3 Å². The highest BCUT2D eigenvalue weighted by molar-refractivity contribution is 5.91. The van der Waals surface area contributed by atoms with E-state index in [4.69, 9.17) is 4.74 Å². The quantitative estimate of drug-likeness (QED) is 0.479. The lowest BCUT2D eigenvalue weighted by atomic mass is 10.0. The van der Waals surface area contributed by atoms with Gasteiger partial charge in [-0.1, -0.05) is 18.7 Å². The van der Waals surface area contributed by atoms with Crippen LogP contribution in [-0.2, 0) is 9.53 Å². The van der Waals surface area contributed by atoms with Crippen molar-refractivity contribution < 1.29 is 9.53 Å². The summed E-state index contributed by atoms with van der Waals surface area (Å²) in [5, 5.41) is 0. The van der Waals surface area contributed by atoms with Crippen molar-refractivity contribution in [3.05, 3.63) is 25.3 Å². The molecule has 0 aliphatic heterocycles. The van der Waals surface area contributed by atoms with Gasteiger partial charge >= 0.3 is 0 Å². The van der Waals surface area contributed by atoms with E-state index in [-0.39, 0.29) is 5.78 Å². The van der Waals surface area contributed by atoms with E-state index < -0.39 is 5.60 Å². The maximum absolute atomic E-state index is 11.5. The third-order valence-electron chi connectivity index (χ3n) is 2.44. The summed E-state index contributed by atoms with van der Waals surface area (Å²) in [6, 6.07) is 0. The minimum atomic E-state index is -0.678. The van der Waals surface area contributed by atoms with Crippen LogP contribution in [0.25, 0.3) is 0 Å². The molecule has 0 heterocycles. The summed E-state index contributed by atoms with van der Waals surface area (Å²) in [6.45, 7) is 7.83. The van der Waals surface area contributed by atoms with Gasteiger partial charge in [-0.25, -0.2) is 0 Å². The fourth-order valence-corrected chi connectivity index (χ4v) is 1.61. The van der Waals surface area contributed by atoms with Crippen LogP contribution in [0.5, 0.6) is 0 Å². The molecule has 1 fully saturated rings. The molecule has 72 valence electrons. The van der Waals surface area contributed by atoms with Gasteiger partial charge in [0.1, 0.15) is 5.60 Å². The van der Waals surface area contributed by atoms with Crippen LogP contribution >= 0.6 is 0 Å². The first-order valence-electron chi connectivity index (χ1n) is 4.67. The molecule has 0 saturated heterocycles. The van der Waals surface area contributed by atoms with E-state index >= 15 is 0 Å². The van der Waals surface area contributed by atoms with E-state index in [0.29, 0.717) is 13.0 Å². The number of carbonyl (C=O) groups is 1. The van der Waals surface area contributed by atoms with Crippen LogP contribution < -0.4 is 0 Å². The van der Waals surface area contributed by atoms with Crippen molar-refractivity contribution in [2.75, 3.05) is 6.61 Å². The maximum atomic E-state index is 11.5. The van der Waals surface area contributed by atoms with Crippen molar-refractivity contribution >= 4 is 5.78 Å². The van der Waals surface area contributed by atoms with Gasteiger partial charge in [-0.3, -0.25) is 4.79 Å². The molecule has 0 radical (unpaired) electrons. The maximum Gasteiger partial charge on any atom is 0.168 e. The Morgan fingerprint density at radius 3 is 2.77 bits per heavy atom. The molecule has 0 aromatic carbocycles. The molecule has 0 aromatic rings. The van der Waals surface area contributed by atoms with Crippen LogP contribution in [0, 0.1) is 0 Å². The molecular formula is C11H16O2. The largest absolute Gasteiger partial charge is 0.363 e. The minimum absolute atomic E-state index is 0.173. The second kappa shape index (κ2) is 4.38. The molecule has 1 aliphatic rings. The molecular weight excluding hydrogens is 164 g/mol. The first-order valence-corrected chi connectivity index (χ1v) is 4.67. The molecule has 1 rings (SSSR count). The number of hydrogen-bond acceptors (Lipinski definition) is 2. The Labute approximate surface area is 79.3 Å². The van der Waals surface area contributed by atoms with Gasteiger partial charge in [-0.2, -0.15) is 0 Å². The Balaban J connectivity index is 2.53. The van der Waals surface area contributed by atoms with Gasteiger partial charge in [0.25, 0.3) is 0 Å². The van der Waals surface area contributed by atoms with Crippen LogP contribution in [0.15, 0.2) is 25.3 Å². The zero-order chi connectivity index (χ0) is 9.73. The highest BCUT2D eigenvalue weighted by Crippen LogP contribution is 2.30. The summed E-state index contributed by atoms with van der Waals surface area (Å²) in [4.78, 5) is 11.5. The second-order valence-electron chi connectivity index (χ2n) is 3.30. The van der Waals surface area contributed by atoms with Crippen molar-refractivity contribution in [1.29, 1.82) is 0 Å². The van der Waals surface area contributed by atoms with Gasteiger partial charge in [0, 0.05) is 6.42 Å². The molecule has 0 unspecified atom stereocenters. The summed E-state index contributed by atoms with van der Waals surface area (Å²) in [6.07, 6.45) is 6.54. The summed E-state index contributed by atoms with van der Waals surface area (Å²) >= 11 is 0. The molecule has 1 saturated carbocycles. The number of Topliss-reactive ketones (excluding diaryl/α,β-unsaturated/α-hetero) is 1. The van der Waals surface area contributed by atoms with Crippen LogP contribution in [0.2, 0.25) is 0 Å². The van der Waals surface area contributed by atoms with Gasteiger partial charge in [-0.05, 0) is 19.3 Å². The van der Waals surface area contributed by atoms with Crippen LogP contribution in [0.4, 0.5) is 0 Å². The Bertz CT molecular complexity index is 220. The predicted octanol–water partition coefficient (Wildman–Crippen LogP) is 2.26. The van der Waals surface area contributed by atoms with Gasteiger partial charge in [0.15, 0.2) is 5.78 Å². The number of hydrogen-bond donors (Lipinski definition) is 0. The van der Waals surface area contributed by atoms with E-state index in [9.17, 15) is 4.79 Å². The third kappa shape index (κ3) is 2.07. The second-order valence-corrected chi connectivity index (χ2v) is 3.30. The lowest BCUT2D eigenvalue weighted by Crippen LogP contribution is -2.34. The van der Waals surface area contributed by atoms with Crippen molar-refractivity contribution in [3.8, 4) is 0 Å². The fourth-order valence-electron chi connectivity index (χ4n) is 1.61.